The Balaban J connectivity index is 0.00000124. The minimum absolute atomic E-state index is 0.0368. The molecule has 39 heavy (non-hydrogen) atoms. The molecular formula is C28H44N6O5. The topological polar surface area (TPSA) is 178 Å². The number of hydrogen-bond donors (Lipinski definition) is 6. The molecule has 7 N–H and O–H groups in total. The van der Waals surface area contributed by atoms with Gasteiger partial charge in [0.2, 0.25) is 17.7 Å². The van der Waals surface area contributed by atoms with Crippen molar-refractivity contribution >= 4 is 29.5 Å². The smallest absolute Gasteiger partial charge is 0.300 e. The first-order chi connectivity index (χ1) is 18.5. The van der Waals surface area contributed by atoms with Gasteiger partial charge in [-0.3, -0.25) is 24.6 Å². The van der Waals surface area contributed by atoms with Crippen LogP contribution in [-0.4, -0.2) is 78.8 Å². The van der Waals surface area contributed by atoms with Gasteiger partial charge in [0.15, 0.2) is 0 Å². The van der Waals surface area contributed by atoms with Crippen molar-refractivity contribution in [2.45, 2.75) is 70.4 Å². The number of aliphatic carboxylic acids is 1. The molecule has 11 nitrogen and oxygen atoms in total. The number of amides is 3. The predicted octanol–water partition coefficient (Wildman–Crippen LogP) is 1.24. The highest BCUT2D eigenvalue weighted by atomic mass is 16.4. The Morgan fingerprint density at radius 2 is 1.59 bits per heavy atom. The van der Waals surface area contributed by atoms with Gasteiger partial charge in [0.25, 0.3) is 5.97 Å². The first-order valence-corrected chi connectivity index (χ1v) is 13.6. The van der Waals surface area contributed by atoms with Crippen molar-refractivity contribution in [2.24, 2.45) is 17.6 Å². The monoisotopic (exact) mass is 544 g/mol. The molecule has 0 spiro atoms. The highest BCUT2D eigenvalue weighted by Gasteiger charge is 2.36. The quantitative estimate of drug-likeness (QED) is 0.154. The Bertz CT molecular complexity index is 981. The van der Waals surface area contributed by atoms with Crippen LogP contribution in [0, 0.1) is 17.2 Å². The van der Waals surface area contributed by atoms with Gasteiger partial charge in [-0.1, -0.05) is 43.5 Å². The number of nitrogens with zero attached hydrogens (tertiary/aromatic N) is 1. The minimum Gasteiger partial charge on any atom is -0.481 e. The van der Waals surface area contributed by atoms with Crippen LogP contribution in [0.15, 0.2) is 24.3 Å². The molecule has 0 aromatic heterocycles. The zero-order chi connectivity index (χ0) is 28.9. The summed E-state index contributed by atoms with van der Waals surface area (Å²) < 4.78 is 0. The van der Waals surface area contributed by atoms with E-state index in [1.807, 2.05) is 0 Å². The summed E-state index contributed by atoms with van der Waals surface area (Å²) in [7, 11) is 3.26. The van der Waals surface area contributed by atoms with Gasteiger partial charge in [-0.25, -0.2) is 0 Å². The molecule has 1 saturated heterocycles. The number of carbonyl (C=O) groups excluding carboxylic acids is 3. The predicted molar refractivity (Wildman–Crippen MR) is 149 cm³/mol. The van der Waals surface area contributed by atoms with Crippen LogP contribution >= 0.6 is 0 Å². The number of nitrogen functional groups attached to an aromatic ring is 1. The molecule has 1 aromatic rings. The van der Waals surface area contributed by atoms with Crippen LogP contribution in [-0.2, 0) is 25.6 Å². The molecule has 2 fully saturated rings. The van der Waals surface area contributed by atoms with Gasteiger partial charge < -0.3 is 31.7 Å². The van der Waals surface area contributed by atoms with Crippen LogP contribution in [0.4, 0.5) is 0 Å². The van der Waals surface area contributed by atoms with Gasteiger partial charge in [0.1, 0.15) is 17.8 Å². The van der Waals surface area contributed by atoms with E-state index >= 15 is 0 Å². The van der Waals surface area contributed by atoms with Gasteiger partial charge in [0, 0.05) is 32.6 Å². The fraction of sp³-hybridized carbons (Fsp3) is 0.607. The van der Waals surface area contributed by atoms with E-state index in [9.17, 15) is 14.4 Å². The third-order valence-electron chi connectivity index (χ3n) is 7.15. The maximum absolute atomic E-state index is 13.5. The highest BCUT2D eigenvalue weighted by molar-refractivity contribution is 6.02. The third kappa shape index (κ3) is 10.7. The molecule has 2 atom stereocenters. The summed E-state index contributed by atoms with van der Waals surface area (Å²) in [6.07, 6.45) is 6.96. The molecule has 0 bridgehead atoms. The second kappa shape index (κ2) is 15.8. The lowest BCUT2D eigenvalue weighted by molar-refractivity contribution is -0.142. The van der Waals surface area contributed by atoms with Crippen LogP contribution in [0.1, 0.15) is 63.0 Å². The van der Waals surface area contributed by atoms with Crippen LogP contribution < -0.4 is 21.7 Å². The molecule has 1 aliphatic heterocycles. The zero-order valence-electron chi connectivity index (χ0n) is 23.3. The largest absolute Gasteiger partial charge is 0.481 e. The molecule has 0 radical (unpaired) electrons. The SMILES string of the molecule is CC(=O)O.CN(C)C(=O)[C@H](Cc1ccc(C(=N)N)cc1)C(=O)N[C@H](C(=O)NC1CCNCC1)C1CCCCC1. The van der Waals surface area contributed by atoms with Crippen LogP contribution in [0.2, 0.25) is 0 Å². The summed E-state index contributed by atoms with van der Waals surface area (Å²) in [6, 6.07) is 6.44. The summed E-state index contributed by atoms with van der Waals surface area (Å²) in [5, 5.41) is 24.4. The van der Waals surface area contributed by atoms with Crippen molar-refractivity contribution in [3.05, 3.63) is 35.4 Å². The first kappa shape index (κ1) is 31.7. The number of hydrogen-bond acceptors (Lipinski definition) is 6. The number of nitrogens with two attached hydrogens (primary N) is 1. The second-order valence-electron chi connectivity index (χ2n) is 10.5. The maximum Gasteiger partial charge on any atom is 0.300 e. The fourth-order valence-electron chi connectivity index (χ4n) is 5.04. The van der Waals surface area contributed by atoms with E-state index in [1.165, 1.54) is 4.90 Å². The highest BCUT2D eigenvalue weighted by Crippen LogP contribution is 2.27. The Labute approximate surface area is 230 Å². The molecule has 1 aromatic carbocycles. The number of carboxylic acid groups (broad SMARTS) is 1. The number of rotatable bonds is 9. The number of benzene rings is 1. The van der Waals surface area contributed by atoms with Crippen LogP contribution in [0.3, 0.4) is 0 Å². The summed E-state index contributed by atoms with van der Waals surface area (Å²) in [4.78, 5) is 50.3. The number of piperidine rings is 1. The van der Waals surface area contributed by atoms with E-state index in [-0.39, 0.29) is 36.0 Å². The van der Waals surface area contributed by atoms with Crippen molar-refractivity contribution in [3.8, 4) is 0 Å². The van der Waals surface area contributed by atoms with E-state index in [0.29, 0.717) is 5.56 Å². The summed E-state index contributed by atoms with van der Waals surface area (Å²) >= 11 is 0. The van der Waals surface area contributed by atoms with E-state index in [2.05, 4.69) is 16.0 Å². The summed E-state index contributed by atoms with van der Waals surface area (Å²) in [5.74, 6) is -2.62. The van der Waals surface area contributed by atoms with Crippen molar-refractivity contribution in [3.63, 3.8) is 0 Å². The van der Waals surface area contributed by atoms with Crippen molar-refractivity contribution in [2.75, 3.05) is 27.2 Å². The average Bonchev–Trinajstić information content (AvgIpc) is 2.90. The standard InChI is InChI=1S/C26H40N6O3.C2H4O2/c1-32(2)26(35)21(16-17-8-10-19(11-9-17)23(27)28)24(33)31-22(18-6-4-3-5-7-18)25(34)30-20-12-14-29-15-13-20;1-2(3)4/h8-11,18,20-22,29H,3-7,12-16H2,1-2H3,(H3,27,28)(H,30,34)(H,31,33);1H3,(H,3,4)/t21-,22+;/m1./s1. The summed E-state index contributed by atoms with van der Waals surface area (Å²) in [5.41, 5.74) is 6.91. The van der Waals surface area contributed by atoms with Gasteiger partial charge in [-0.15, -0.1) is 0 Å². The average molecular weight is 545 g/mol. The number of carbonyl (C=O) groups is 4. The van der Waals surface area contributed by atoms with Crippen molar-refractivity contribution < 1.29 is 24.3 Å². The fourth-order valence-corrected chi connectivity index (χ4v) is 5.04. The van der Waals surface area contributed by atoms with Gasteiger partial charge in [-0.05, 0) is 56.7 Å². The molecule has 1 heterocycles. The van der Waals surface area contributed by atoms with Crippen LogP contribution in [0.25, 0.3) is 0 Å². The van der Waals surface area contributed by atoms with E-state index in [1.54, 1.807) is 38.4 Å². The van der Waals surface area contributed by atoms with Gasteiger partial charge in [-0.2, -0.15) is 0 Å². The molecule has 0 unspecified atom stereocenters. The summed E-state index contributed by atoms with van der Waals surface area (Å²) in [6.45, 7) is 2.82. The first-order valence-electron chi connectivity index (χ1n) is 13.6. The number of amidine groups is 1. The molecule has 3 rings (SSSR count). The van der Waals surface area contributed by atoms with E-state index in [0.717, 1.165) is 70.5 Å². The molecular weight excluding hydrogens is 500 g/mol. The van der Waals surface area contributed by atoms with Crippen LogP contribution in [0.5, 0.6) is 0 Å². The normalized spacial score (nSPS) is 17.5. The molecule has 11 heteroatoms. The Hall–Kier alpha value is -3.47. The molecule has 3 amide bonds. The Morgan fingerprint density at radius 3 is 2.10 bits per heavy atom. The molecule has 216 valence electrons. The van der Waals surface area contributed by atoms with Gasteiger partial charge in [0.05, 0.1) is 0 Å². The van der Waals surface area contributed by atoms with Gasteiger partial charge >= 0.3 is 0 Å². The number of carboxylic acids is 1. The minimum atomic E-state index is -0.953. The van der Waals surface area contributed by atoms with Crippen molar-refractivity contribution in [1.29, 1.82) is 5.41 Å². The maximum atomic E-state index is 13.5. The zero-order valence-corrected chi connectivity index (χ0v) is 23.3. The lowest BCUT2D eigenvalue weighted by Gasteiger charge is -2.33. The molecule has 1 saturated carbocycles. The molecule has 1 aliphatic carbocycles. The second-order valence-corrected chi connectivity index (χ2v) is 10.5. The number of nitrogens with one attached hydrogen (secondary N) is 4. The Kier molecular flexibility index (Phi) is 12.9. The lowest BCUT2D eigenvalue weighted by Crippen LogP contribution is -2.56. The lowest BCUT2D eigenvalue weighted by atomic mass is 9.83. The Morgan fingerprint density at radius 1 is 1.03 bits per heavy atom. The van der Waals surface area contributed by atoms with Crippen molar-refractivity contribution in [1.82, 2.24) is 20.9 Å². The third-order valence-corrected chi connectivity index (χ3v) is 7.15. The van der Waals surface area contributed by atoms with E-state index in [4.69, 9.17) is 21.0 Å². The molecule has 2 aliphatic rings. The van der Waals surface area contributed by atoms with E-state index < -0.39 is 23.8 Å².